The first-order chi connectivity index (χ1) is 9.54. The highest BCUT2D eigenvalue weighted by Gasteiger charge is 2.06. The van der Waals surface area contributed by atoms with E-state index in [1.165, 1.54) is 0 Å². The van der Waals surface area contributed by atoms with E-state index in [4.69, 9.17) is 16.2 Å². The van der Waals surface area contributed by atoms with Gasteiger partial charge in [-0.05, 0) is 25.1 Å². The van der Waals surface area contributed by atoms with Crippen LogP contribution in [0.5, 0.6) is 0 Å². The number of nitrogens with two attached hydrogens (primary N) is 2. The van der Waals surface area contributed by atoms with Crippen molar-refractivity contribution in [1.82, 2.24) is 5.32 Å². The zero-order chi connectivity index (χ0) is 15.0. The van der Waals surface area contributed by atoms with Crippen molar-refractivity contribution >= 4 is 23.2 Å². The lowest BCUT2D eigenvalue weighted by Gasteiger charge is -2.11. The van der Waals surface area contributed by atoms with Crippen LogP contribution in [-0.2, 0) is 9.53 Å². The average molecular weight is 280 g/mol. The van der Waals surface area contributed by atoms with Gasteiger partial charge < -0.3 is 26.8 Å². The Balaban J connectivity index is 2.47. The zero-order valence-corrected chi connectivity index (χ0v) is 11.4. The predicted octanol–water partition coefficient (Wildman–Crippen LogP) is -0.0677. The number of primary amides is 1. The van der Waals surface area contributed by atoms with E-state index >= 15 is 0 Å². The summed E-state index contributed by atoms with van der Waals surface area (Å²) in [4.78, 5) is 22.1. The molecule has 0 aliphatic rings. The summed E-state index contributed by atoms with van der Waals surface area (Å²) >= 11 is 0. The van der Waals surface area contributed by atoms with Crippen LogP contribution in [0.4, 0.5) is 11.4 Å². The summed E-state index contributed by atoms with van der Waals surface area (Å²) in [6.07, 6.45) is 0. The van der Waals surface area contributed by atoms with E-state index in [0.717, 1.165) is 0 Å². The molecule has 0 spiro atoms. The highest BCUT2D eigenvalue weighted by molar-refractivity contribution is 5.96. The molecule has 20 heavy (non-hydrogen) atoms. The first kappa shape index (κ1) is 15.8. The molecule has 0 atom stereocenters. The predicted molar refractivity (Wildman–Crippen MR) is 77.4 cm³/mol. The normalized spacial score (nSPS) is 10.1. The first-order valence-electron chi connectivity index (χ1n) is 6.32. The Morgan fingerprint density at radius 1 is 1.35 bits per heavy atom. The summed E-state index contributed by atoms with van der Waals surface area (Å²) in [6, 6.07) is 5.03. The largest absolute Gasteiger partial charge is 0.397 e. The van der Waals surface area contributed by atoms with Crippen LogP contribution in [0.15, 0.2) is 18.2 Å². The van der Waals surface area contributed by atoms with Gasteiger partial charge in [-0.15, -0.1) is 0 Å². The van der Waals surface area contributed by atoms with E-state index in [1.807, 2.05) is 6.92 Å². The molecular formula is C13H20N4O3. The number of carbonyl (C=O) groups is 2. The minimum atomic E-state index is -0.504. The molecule has 2 amide bonds. The molecule has 0 bridgehead atoms. The van der Waals surface area contributed by atoms with Gasteiger partial charge in [0.25, 0.3) is 5.91 Å². The highest BCUT2D eigenvalue weighted by Crippen LogP contribution is 2.19. The van der Waals surface area contributed by atoms with Gasteiger partial charge in [-0.3, -0.25) is 9.59 Å². The summed E-state index contributed by atoms with van der Waals surface area (Å²) in [6.45, 7) is 3.13. The third kappa shape index (κ3) is 5.15. The number of hydrogen-bond acceptors (Lipinski definition) is 5. The monoisotopic (exact) mass is 280 g/mol. The molecule has 0 radical (unpaired) electrons. The van der Waals surface area contributed by atoms with E-state index in [1.54, 1.807) is 18.2 Å². The molecule has 6 N–H and O–H groups in total. The molecule has 0 aromatic heterocycles. The van der Waals surface area contributed by atoms with Crippen molar-refractivity contribution in [2.24, 2.45) is 5.73 Å². The third-order valence-corrected chi connectivity index (χ3v) is 2.46. The number of nitrogen functional groups attached to an aromatic ring is 1. The fourth-order valence-electron chi connectivity index (χ4n) is 1.56. The molecule has 0 fully saturated rings. The molecule has 1 aromatic rings. The number of nitrogens with one attached hydrogen (secondary N) is 2. The quantitative estimate of drug-likeness (QED) is 0.392. The van der Waals surface area contributed by atoms with Gasteiger partial charge in [0.05, 0.1) is 18.0 Å². The number of hydrogen-bond donors (Lipinski definition) is 4. The Morgan fingerprint density at radius 3 is 2.70 bits per heavy atom. The van der Waals surface area contributed by atoms with Gasteiger partial charge in [-0.25, -0.2) is 0 Å². The highest BCUT2D eigenvalue weighted by atomic mass is 16.5. The Kier molecular flexibility index (Phi) is 6.31. The maximum Gasteiger partial charge on any atom is 0.251 e. The Bertz CT molecular complexity index is 477. The minimum Gasteiger partial charge on any atom is -0.397 e. The van der Waals surface area contributed by atoms with Crippen molar-refractivity contribution in [3.8, 4) is 0 Å². The zero-order valence-electron chi connectivity index (χ0n) is 11.4. The minimum absolute atomic E-state index is 0.104. The molecule has 7 nitrogen and oxygen atoms in total. The molecule has 0 heterocycles. The van der Waals surface area contributed by atoms with Crippen LogP contribution in [0, 0.1) is 0 Å². The Labute approximate surface area is 117 Å². The standard InChI is InChI=1S/C13H20N4O3/c1-2-16-13(19)9-3-4-11(10(14)7-9)17-5-6-20-8-12(15)18/h3-4,7,17H,2,5-6,8,14H2,1H3,(H2,15,18)(H,16,19). The summed E-state index contributed by atoms with van der Waals surface area (Å²) < 4.78 is 5.01. The lowest BCUT2D eigenvalue weighted by atomic mass is 10.1. The van der Waals surface area contributed by atoms with Crippen molar-refractivity contribution in [3.05, 3.63) is 23.8 Å². The Morgan fingerprint density at radius 2 is 2.10 bits per heavy atom. The molecule has 0 aliphatic carbocycles. The lowest BCUT2D eigenvalue weighted by molar-refractivity contribution is -0.122. The van der Waals surface area contributed by atoms with Crippen LogP contribution in [0.3, 0.4) is 0 Å². The van der Waals surface area contributed by atoms with E-state index in [9.17, 15) is 9.59 Å². The second kappa shape index (κ2) is 8.00. The van der Waals surface area contributed by atoms with Gasteiger partial charge in [0.2, 0.25) is 5.91 Å². The van der Waals surface area contributed by atoms with Crippen molar-refractivity contribution in [1.29, 1.82) is 0 Å². The number of ether oxygens (including phenoxy) is 1. The summed E-state index contributed by atoms with van der Waals surface area (Å²) in [5, 5.41) is 5.75. The second-order valence-corrected chi connectivity index (χ2v) is 4.11. The molecule has 0 saturated heterocycles. The van der Waals surface area contributed by atoms with Crippen molar-refractivity contribution < 1.29 is 14.3 Å². The van der Waals surface area contributed by atoms with Crippen LogP contribution in [0.2, 0.25) is 0 Å². The number of carbonyl (C=O) groups excluding carboxylic acids is 2. The SMILES string of the molecule is CCNC(=O)c1ccc(NCCOCC(N)=O)c(N)c1. The molecule has 110 valence electrons. The number of amides is 2. The number of benzene rings is 1. The summed E-state index contributed by atoms with van der Waals surface area (Å²) in [5.41, 5.74) is 12.5. The average Bonchev–Trinajstić information content (AvgIpc) is 2.39. The van der Waals surface area contributed by atoms with Gasteiger partial charge in [0.15, 0.2) is 0 Å². The lowest BCUT2D eigenvalue weighted by Crippen LogP contribution is -2.23. The first-order valence-corrected chi connectivity index (χ1v) is 6.32. The molecular weight excluding hydrogens is 260 g/mol. The van der Waals surface area contributed by atoms with Gasteiger partial charge in [0, 0.05) is 18.7 Å². The van der Waals surface area contributed by atoms with Crippen LogP contribution in [0.1, 0.15) is 17.3 Å². The van der Waals surface area contributed by atoms with E-state index in [0.29, 0.717) is 36.6 Å². The van der Waals surface area contributed by atoms with Gasteiger partial charge in [-0.2, -0.15) is 0 Å². The fourth-order valence-corrected chi connectivity index (χ4v) is 1.56. The van der Waals surface area contributed by atoms with Crippen molar-refractivity contribution in [2.45, 2.75) is 6.92 Å². The molecule has 0 unspecified atom stereocenters. The van der Waals surface area contributed by atoms with E-state index < -0.39 is 5.91 Å². The molecule has 1 rings (SSSR count). The smallest absolute Gasteiger partial charge is 0.251 e. The van der Waals surface area contributed by atoms with Crippen LogP contribution >= 0.6 is 0 Å². The Hall–Kier alpha value is -2.28. The molecule has 0 aliphatic heterocycles. The van der Waals surface area contributed by atoms with E-state index in [2.05, 4.69) is 10.6 Å². The summed E-state index contributed by atoms with van der Waals surface area (Å²) in [7, 11) is 0. The fraction of sp³-hybridized carbons (Fsp3) is 0.385. The topological polar surface area (TPSA) is 119 Å². The molecule has 7 heteroatoms. The molecule has 0 saturated carbocycles. The molecule has 1 aromatic carbocycles. The number of rotatable bonds is 8. The second-order valence-electron chi connectivity index (χ2n) is 4.11. The maximum absolute atomic E-state index is 11.6. The third-order valence-electron chi connectivity index (χ3n) is 2.46. The van der Waals surface area contributed by atoms with Gasteiger partial charge in [-0.1, -0.05) is 0 Å². The van der Waals surface area contributed by atoms with Crippen LogP contribution in [0.25, 0.3) is 0 Å². The van der Waals surface area contributed by atoms with Crippen molar-refractivity contribution in [3.63, 3.8) is 0 Å². The van der Waals surface area contributed by atoms with Gasteiger partial charge >= 0.3 is 0 Å². The van der Waals surface area contributed by atoms with E-state index in [-0.39, 0.29) is 12.5 Å². The number of anilines is 2. The van der Waals surface area contributed by atoms with Crippen LogP contribution in [-0.4, -0.2) is 38.1 Å². The maximum atomic E-state index is 11.6. The van der Waals surface area contributed by atoms with Crippen LogP contribution < -0.4 is 22.1 Å². The summed E-state index contributed by atoms with van der Waals surface area (Å²) in [5.74, 6) is -0.661. The van der Waals surface area contributed by atoms with Crippen molar-refractivity contribution in [2.75, 3.05) is 37.4 Å². The van der Waals surface area contributed by atoms with Gasteiger partial charge in [0.1, 0.15) is 6.61 Å².